The van der Waals surface area contributed by atoms with Gasteiger partial charge in [0.2, 0.25) is 0 Å². The molecule has 1 aromatic carbocycles. The minimum absolute atomic E-state index is 0.176. The van der Waals surface area contributed by atoms with Crippen molar-refractivity contribution in [3.63, 3.8) is 0 Å². The highest BCUT2D eigenvalue weighted by molar-refractivity contribution is 6.31. The number of piperidine rings is 1. The average Bonchev–Trinajstić information content (AvgIpc) is 3.07. The Morgan fingerprint density at radius 2 is 2.14 bits per heavy atom. The largest absolute Gasteiger partial charge is 0.383 e. The summed E-state index contributed by atoms with van der Waals surface area (Å²) in [6.07, 6.45) is 7.82. The number of aryl methyl sites for hydroxylation is 1. The van der Waals surface area contributed by atoms with Crippen molar-refractivity contribution in [3.05, 3.63) is 64.8 Å². The molecule has 0 spiro atoms. The maximum absolute atomic E-state index is 14.9. The van der Waals surface area contributed by atoms with Gasteiger partial charge in [-0.1, -0.05) is 11.6 Å². The van der Waals surface area contributed by atoms with Gasteiger partial charge in [-0.15, -0.1) is 0 Å². The van der Waals surface area contributed by atoms with Gasteiger partial charge in [-0.3, -0.25) is 4.99 Å². The Balaban J connectivity index is 1.61. The molecule has 1 aliphatic rings. The Morgan fingerprint density at radius 1 is 1.36 bits per heavy atom. The molecule has 1 saturated heterocycles. The fraction of sp³-hybridized carbons (Fsp3) is 0.333. The van der Waals surface area contributed by atoms with Crippen LogP contribution in [0, 0.1) is 5.82 Å². The van der Waals surface area contributed by atoms with Crippen LogP contribution in [0.1, 0.15) is 24.0 Å². The Hall–Kier alpha value is -2.44. The van der Waals surface area contributed by atoms with Crippen LogP contribution in [0.3, 0.4) is 0 Å². The van der Waals surface area contributed by atoms with Crippen LogP contribution >= 0.6 is 11.6 Å². The Bertz CT molecular complexity index is 1010. The quantitative estimate of drug-likeness (QED) is 0.402. The predicted molar refractivity (Wildman–Crippen MR) is 110 cm³/mol. The molecule has 3 aromatic rings. The molecule has 3 heterocycles. The maximum atomic E-state index is 14.9. The molecule has 0 radical (unpaired) electrons. The van der Waals surface area contributed by atoms with E-state index in [-0.39, 0.29) is 11.9 Å². The van der Waals surface area contributed by atoms with Gasteiger partial charge < -0.3 is 15.6 Å². The van der Waals surface area contributed by atoms with Crippen LogP contribution in [0.15, 0.2) is 47.8 Å². The number of nitrogens with one attached hydrogen (secondary N) is 1. The van der Waals surface area contributed by atoms with Crippen molar-refractivity contribution in [2.75, 3.05) is 13.1 Å². The minimum atomic E-state index is -0.366. The molecule has 7 heteroatoms. The van der Waals surface area contributed by atoms with E-state index in [0.717, 1.165) is 36.8 Å². The molecule has 0 bridgehead atoms. The summed E-state index contributed by atoms with van der Waals surface area (Å²) in [7, 11) is 1.97. The Kier molecular flexibility index (Phi) is 5.33. The number of halogens is 2. The van der Waals surface area contributed by atoms with Crippen LogP contribution in [-0.2, 0) is 13.6 Å². The second kappa shape index (κ2) is 7.89. The van der Waals surface area contributed by atoms with Crippen LogP contribution in [0.4, 0.5) is 4.39 Å². The number of pyridine rings is 1. The Labute approximate surface area is 168 Å². The van der Waals surface area contributed by atoms with Gasteiger partial charge in [-0.2, -0.15) is 0 Å². The number of amidine groups is 1. The molecule has 0 atom stereocenters. The maximum Gasteiger partial charge on any atom is 0.177 e. The first kappa shape index (κ1) is 18.9. The highest BCUT2D eigenvalue weighted by Crippen LogP contribution is 2.25. The van der Waals surface area contributed by atoms with Gasteiger partial charge in [0.25, 0.3) is 0 Å². The third-order valence-electron chi connectivity index (χ3n) is 5.25. The molecule has 0 unspecified atom stereocenters. The summed E-state index contributed by atoms with van der Waals surface area (Å²) in [5, 5.41) is 4.75. The monoisotopic (exact) mass is 400 g/mol. The summed E-state index contributed by atoms with van der Waals surface area (Å²) >= 11 is 6.44. The highest BCUT2D eigenvalue weighted by Gasteiger charge is 2.16. The fourth-order valence-electron chi connectivity index (χ4n) is 3.67. The molecule has 5 nitrogen and oxygen atoms in total. The molecule has 1 fully saturated rings. The minimum Gasteiger partial charge on any atom is -0.383 e. The summed E-state index contributed by atoms with van der Waals surface area (Å²) in [6, 6.07) is 7.35. The molecule has 3 N–H and O–H groups in total. The molecule has 2 aromatic heterocycles. The van der Waals surface area contributed by atoms with E-state index in [4.69, 9.17) is 17.3 Å². The van der Waals surface area contributed by atoms with Crippen molar-refractivity contribution in [2.24, 2.45) is 17.8 Å². The van der Waals surface area contributed by atoms with E-state index in [2.05, 4.69) is 10.3 Å². The van der Waals surface area contributed by atoms with Crippen LogP contribution < -0.4 is 15.6 Å². The summed E-state index contributed by atoms with van der Waals surface area (Å²) < 4.78 is 18.9. The van der Waals surface area contributed by atoms with Gasteiger partial charge in [-0.25, -0.2) is 8.96 Å². The number of rotatable bonds is 4. The number of fused-ring (bicyclic) bond motifs is 1. The number of nitrogens with two attached hydrogens (primary N) is 1. The Morgan fingerprint density at radius 3 is 2.89 bits per heavy atom. The second-order valence-corrected chi connectivity index (χ2v) is 7.72. The van der Waals surface area contributed by atoms with Crippen molar-refractivity contribution in [1.29, 1.82) is 0 Å². The van der Waals surface area contributed by atoms with Crippen LogP contribution in [-0.4, -0.2) is 29.5 Å². The van der Waals surface area contributed by atoms with E-state index in [9.17, 15) is 4.39 Å². The lowest BCUT2D eigenvalue weighted by atomic mass is 10.1. The van der Waals surface area contributed by atoms with Gasteiger partial charge in [0.15, 0.2) is 12.4 Å². The zero-order chi connectivity index (χ0) is 19.7. The predicted octanol–water partition coefficient (Wildman–Crippen LogP) is 2.76. The standard InChI is InChI=1S/C21H24ClFN5/c1-27-8-5-20-14(12-27)4-9-28(20)13-17-18(22)10-15(11-19(17)23)21(24)26-16-2-6-25-7-3-16/h4-5,8-12,16,25H,2-3,6-7,13H2,1H3,(H2,24,26)/q+1. The molecule has 146 valence electrons. The van der Waals surface area contributed by atoms with Crippen LogP contribution in [0.5, 0.6) is 0 Å². The number of benzene rings is 1. The number of nitrogens with zero attached hydrogens (tertiary/aromatic N) is 3. The van der Waals surface area contributed by atoms with Gasteiger partial charge >= 0.3 is 0 Å². The SMILES string of the molecule is C[n+]1ccc2c(ccn2Cc2c(F)cc(C(N)=NC3CCNCC3)cc2Cl)c1. The normalized spacial score (nSPS) is 16.0. The van der Waals surface area contributed by atoms with E-state index in [1.54, 1.807) is 6.07 Å². The smallest absolute Gasteiger partial charge is 0.177 e. The molecular formula is C21H24ClFN5+. The first-order valence-corrected chi connectivity index (χ1v) is 9.85. The second-order valence-electron chi connectivity index (χ2n) is 7.31. The number of hydrogen-bond acceptors (Lipinski definition) is 2. The molecule has 0 saturated carbocycles. The number of hydrogen-bond donors (Lipinski definition) is 2. The average molecular weight is 401 g/mol. The fourth-order valence-corrected chi connectivity index (χ4v) is 3.94. The number of aliphatic imine (C=N–C) groups is 1. The molecule has 4 rings (SSSR count). The van der Waals surface area contributed by atoms with E-state index >= 15 is 0 Å². The van der Waals surface area contributed by atoms with Gasteiger partial charge in [-0.05, 0) is 44.1 Å². The van der Waals surface area contributed by atoms with E-state index in [1.165, 1.54) is 6.07 Å². The topological polar surface area (TPSA) is 59.2 Å². The lowest BCUT2D eigenvalue weighted by Gasteiger charge is -2.19. The van der Waals surface area contributed by atoms with Crippen LogP contribution in [0.25, 0.3) is 10.9 Å². The zero-order valence-electron chi connectivity index (χ0n) is 15.8. The third-order valence-corrected chi connectivity index (χ3v) is 5.58. The first-order chi connectivity index (χ1) is 13.5. The third kappa shape index (κ3) is 3.88. The highest BCUT2D eigenvalue weighted by atomic mass is 35.5. The first-order valence-electron chi connectivity index (χ1n) is 9.47. The molecule has 28 heavy (non-hydrogen) atoms. The molecule has 0 aliphatic carbocycles. The number of aromatic nitrogens is 2. The van der Waals surface area contributed by atoms with Gasteiger partial charge in [0.1, 0.15) is 18.7 Å². The lowest BCUT2D eigenvalue weighted by molar-refractivity contribution is -0.670. The van der Waals surface area contributed by atoms with Crippen molar-refractivity contribution in [2.45, 2.75) is 25.4 Å². The summed E-state index contributed by atoms with van der Waals surface area (Å²) in [4.78, 5) is 4.56. The zero-order valence-corrected chi connectivity index (χ0v) is 16.6. The van der Waals surface area contributed by atoms with E-state index in [0.29, 0.717) is 28.5 Å². The molecule has 0 amide bonds. The molecular weight excluding hydrogens is 377 g/mol. The lowest BCUT2D eigenvalue weighted by Crippen LogP contribution is -2.31. The van der Waals surface area contributed by atoms with Gasteiger partial charge in [0.05, 0.1) is 23.5 Å². The van der Waals surface area contributed by atoms with Crippen LogP contribution in [0.2, 0.25) is 5.02 Å². The summed E-state index contributed by atoms with van der Waals surface area (Å²) in [5.74, 6) is -0.0209. The van der Waals surface area contributed by atoms with Crippen molar-refractivity contribution in [3.8, 4) is 0 Å². The van der Waals surface area contributed by atoms with E-state index < -0.39 is 0 Å². The summed E-state index contributed by atoms with van der Waals surface area (Å²) in [6.45, 7) is 2.21. The molecule has 1 aliphatic heterocycles. The van der Waals surface area contributed by atoms with Crippen molar-refractivity contribution in [1.82, 2.24) is 9.88 Å². The van der Waals surface area contributed by atoms with E-state index in [1.807, 2.05) is 46.9 Å². The van der Waals surface area contributed by atoms with Crippen molar-refractivity contribution < 1.29 is 8.96 Å². The van der Waals surface area contributed by atoms with Gasteiger partial charge in [0, 0.05) is 28.4 Å². The van der Waals surface area contributed by atoms with Crippen molar-refractivity contribution >= 4 is 28.3 Å². The summed E-state index contributed by atoms with van der Waals surface area (Å²) in [5.41, 5.74) is 8.15.